The maximum atomic E-state index is 12.3. The molecule has 4 rings (SSSR count). The van der Waals surface area contributed by atoms with Gasteiger partial charge in [-0.25, -0.2) is 9.89 Å². The van der Waals surface area contributed by atoms with Gasteiger partial charge in [0.2, 0.25) is 11.6 Å². The minimum absolute atomic E-state index is 0.0868. The second-order valence-corrected chi connectivity index (χ2v) is 7.71. The van der Waals surface area contributed by atoms with E-state index in [1.54, 1.807) is 21.8 Å². The Morgan fingerprint density at radius 2 is 1.71 bits per heavy atom. The van der Waals surface area contributed by atoms with Crippen molar-refractivity contribution in [3.05, 3.63) is 58.1 Å². The molecule has 0 aliphatic heterocycles. The van der Waals surface area contributed by atoms with Gasteiger partial charge in [0.25, 0.3) is 11.1 Å². The zero-order valence-electron chi connectivity index (χ0n) is 16.3. The van der Waals surface area contributed by atoms with Crippen molar-refractivity contribution in [2.75, 3.05) is 0 Å². The first kappa shape index (κ1) is 21.0. The number of nitrogens with one attached hydrogen (secondary N) is 2. The van der Waals surface area contributed by atoms with Crippen molar-refractivity contribution in [2.24, 2.45) is 0 Å². The number of aromatic amines is 2. The topological polar surface area (TPSA) is 147 Å². The van der Waals surface area contributed by atoms with Crippen LogP contribution in [-0.2, 0) is 12.8 Å². The number of halogens is 2. The maximum Gasteiger partial charge on any atom is 0.349 e. The molecule has 2 N–H and O–H groups in total. The molecule has 2 aromatic heterocycles. The third kappa shape index (κ3) is 3.36. The number of benzene rings is 1. The summed E-state index contributed by atoms with van der Waals surface area (Å²) in [6.07, 6.45) is 2.07. The van der Waals surface area contributed by atoms with E-state index < -0.39 is 16.9 Å². The van der Waals surface area contributed by atoms with Gasteiger partial charge < -0.3 is 4.74 Å². The molecule has 0 saturated heterocycles. The summed E-state index contributed by atoms with van der Waals surface area (Å²) < 4.78 is 6.78. The minimum atomic E-state index is -0.894. The van der Waals surface area contributed by atoms with E-state index in [0.29, 0.717) is 34.9 Å². The largest absolute Gasteiger partial charge is 0.434 e. The van der Waals surface area contributed by atoms with Gasteiger partial charge in [-0.2, -0.15) is 9.94 Å². The summed E-state index contributed by atoms with van der Waals surface area (Å²) in [4.78, 5) is 38.0. The molecule has 1 aliphatic rings. The highest BCUT2D eigenvalue weighted by atomic mass is 35.5. The van der Waals surface area contributed by atoms with E-state index in [-0.39, 0.29) is 32.9 Å². The predicted molar refractivity (Wildman–Crippen MR) is 119 cm³/mol. The highest BCUT2D eigenvalue weighted by Crippen LogP contribution is 2.37. The lowest BCUT2D eigenvalue weighted by Crippen LogP contribution is -2.39. The third-order valence-electron chi connectivity index (χ3n) is 5.12. The number of rotatable bonds is 3. The van der Waals surface area contributed by atoms with E-state index in [1.807, 2.05) is 4.98 Å². The average Bonchev–Trinajstić information content (AvgIpc) is 3.24. The molecule has 0 bridgehead atoms. The molecule has 3 aromatic rings. The van der Waals surface area contributed by atoms with Gasteiger partial charge in [-0.05, 0) is 30.2 Å². The van der Waals surface area contributed by atoms with Crippen molar-refractivity contribution in [1.82, 2.24) is 25.0 Å². The Kier molecular flexibility index (Phi) is 5.24. The number of hydrogen-bond donors (Lipinski definition) is 2. The highest BCUT2D eigenvalue weighted by Gasteiger charge is 2.26. The van der Waals surface area contributed by atoms with Gasteiger partial charge in [-0.15, -0.1) is 10.2 Å². The molecule has 0 unspecified atom stereocenters. The van der Waals surface area contributed by atoms with Crippen LogP contribution in [-0.4, -0.2) is 40.7 Å². The first-order valence-corrected chi connectivity index (χ1v) is 9.90. The molecule has 154 valence electrons. The summed E-state index contributed by atoms with van der Waals surface area (Å²) in [5.41, 5.74) is -0.196. The Morgan fingerprint density at radius 1 is 1.06 bits per heavy atom. The van der Waals surface area contributed by atoms with E-state index >= 15 is 0 Å². The molecule has 10 nitrogen and oxygen atoms in total. The van der Waals surface area contributed by atoms with Gasteiger partial charge in [0.15, 0.2) is 5.75 Å². The van der Waals surface area contributed by atoms with Crippen LogP contribution in [0, 0.1) is 11.3 Å². The summed E-state index contributed by atoms with van der Waals surface area (Å²) >= 11 is 13.1. The monoisotopic (exact) mass is 456 g/mol. The van der Waals surface area contributed by atoms with Gasteiger partial charge in [-0.1, -0.05) is 23.2 Å². The lowest BCUT2D eigenvalue weighted by Gasteiger charge is -2.19. The van der Waals surface area contributed by atoms with Crippen molar-refractivity contribution in [2.45, 2.75) is 19.3 Å². The molecular weight excluding hydrogens is 445 g/mol. The molecule has 31 heavy (non-hydrogen) atoms. The van der Waals surface area contributed by atoms with E-state index in [0.717, 1.165) is 11.1 Å². The van der Waals surface area contributed by atoms with Crippen LogP contribution < -0.4 is 32.5 Å². The van der Waals surface area contributed by atoms with E-state index in [4.69, 9.17) is 33.2 Å². The van der Waals surface area contributed by atoms with Gasteiger partial charge in [0.05, 0.1) is 15.7 Å². The molecule has 0 atom stereocenters. The number of hydrogen-bond acceptors (Lipinski definition) is 7. The number of nitrogens with zero attached hydrogens (tertiary/aromatic N) is 4. The average molecular weight is 457 g/mol. The second-order valence-electron chi connectivity index (χ2n) is 6.96. The number of ether oxygens (including phenoxy) is 1. The molecule has 0 radical (unpaired) electrons. The molecule has 0 amide bonds. The van der Waals surface area contributed by atoms with Crippen LogP contribution in [0.2, 0.25) is 10.0 Å². The van der Waals surface area contributed by atoms with Crippen molar-refractivity contribution in [3.8, 4) is 23.4 Å². The molecule has 2 heterocycles. The fourth-order valence-corrected chi connectivity index (χ4v) is 4.10. The summed E-state index contributed by atoms with van der Waals surface area (Å²) in [5.74, 6) is 0.308. The zero-order valence-corrected chi connectivity index (χ0v) is 17.8. The summed E-state index contributed by atoms with van der Waals surface area (Å²) in [7, 11) is 3.23. The van der Waals surface area contributed by atoms with E-state index in [2.05, 4.69) is 15.3 Å². The van der Waals surface area contributed by atoms with Crippen LogP contribution in [0.1, 0.15) is 23.2 Å². The van der Waals surface area contributed by atoms with E-state index in [1.165, 1.54) is 0 Å². The molecular formula is C17H12B2Cl2N6O4. The number of fused-ring (bicyclic) bond motifs is 1. The third-order valence-corrected chi connectivity index (χ3v) is 6.03. The molecule has 0 spiro atoms. The van der Waals surface area contributed by atoms with Crippen molar-refractivity contribution in [3.63, 3.8) is 0 Å². The molecule has 0 saturated carbocycles. The van der Waals surface area contributed by atoms with Crippen LogP contribution in [0.4, 0.5) is 0 Å². The van der Waals surface area contributed by atoms with Crippen molar-refractivity contribution >= 4 is 49.8 Å². The number of aromatic nitrogens is 5. The SMILES string of the molecule is Bc1c(Cl)c(Oc2n[nH]c(=O)c3c2CCC3)c(Cl)c(B)c1-n1nc(C#N)c(=O)[nH]c1=O. The molecule has 0 fully saturated rings. The Hall–Kier alpha value is -3.29. The van der Waals surface area contributed by atoms with Gasteiger partial charge in [0.1, 0.15) is 21.8 Å². The standard InChI is InChI=1S/C17H12B2Cl2N6O4/c18-8-10(20)13(31-16-6-3-1-2-5(6)14(28)24-25-16)11(21)9(19)12(8)27-17(30)23-15(29)7(4-22)26-27/h1-3,18-19H2,(H,24,28)(H,23,29,30). The van der Waals surface area contributed by atoms with Crippen LogP contribution in [0.5, 0.6) is 11.6 Å². The van der Waals surface area contributed by atoms with Crippen LogP contribution >= 0.6 is 23.2 Å². The predicted octanol–water partition coefficient (Wildman–Crippen LogP) is -2.02. The van der Waals surface area contributed by atoms with Gasteiger partial charge >= 0.3 is 5.69 Å². The first-order valence-electron chi connectivity index (χ1n) is 9.15. The smallest absolute Gasteiger partial charge is 0.349 e. The quantitative estimate of drug-likeness (QED) is 0.432. The lowest BCUT2D eigenvalue weighted by atomic mass is 9.84. The first-order chi connectivity index (χ1) is 14.7. The van der Waals surface area contributed by atoms with Gasteiger partial charge in [0, 0.05) is 11.1 Å². The van der Waals surface area contributed by atoms with E-state index in [9.17, 15) is 14.4 Å². The fourth-order valence-electron chi connectivity index (χ4n) is 3.61. The zero-order chi connectivity index (χ0) is 22.4. The summed E-state index contributed by atoms with van der Waals surface area (Å²) in [6.45, 7) is 0. The lowest BCUT2D eigenvalue weighted by molar-refractivity contribution is 0.449. The van der Waals surface area contributed by atoms with Crippen molar-refractivity contribution in [1.29, 1.82) is 5.26 Å². The Balaban J connectivity index is 1.90. The normalized spacial score (nSPS) is 12.4. The van der Waals surface area contributed by atoms with Crippen LogP contribution in [0.3, 0.4) is 0 Å². The fraction of sp³-hybridized carbons (Fsp3) is 0.176. The Morgan fingerprint density at radius 3 is 2.35 bits per heavy atom. The molecule has 1 aliphatic carbocycles. The molecule has 14 heteroatoms. The highest BCUT2D eigenvalue weighted by molar-refractivity contribution is 6.55. The maximum absolute atomic E-state index is 12.3. The molecule has 1 aromatic carbocycles. The van der Waals surface area contributed by atoms with Crippen LogP contribution in [0.25, 0.3) is 5.69 Å². The number of nitriles is 1. The Bertz CT molecular complexity index is 1440. The van der Waals surface area contributed by atoms with Crippen molar-refractivity contribution < 1.29 is 4.74 Å². The Labute approximate surface area is 185 Å². The van der Waals surface area contributed by atoms with Gasteiger partial charge in [-0.3, -0.25) is 14.6 Å². The van der Waals surface area contributed by atoms with Crippen LogP contribution in [0.15, 0.2) is 14.4 Å². The summed E-state index contributed by atoms with van der Waals surface area (Å²) in [6, 6.07) is 1.63. The second kappa shape index (κ2) is 7.76. The number of H-pyrrole nitrogens is 2. The summed E-state index contributed by atoms with van der Waals surface area (Å²) in [5, 5.41) is 19.5. The minimum Gasteiger partial charge on any atom is -0.434 e.